The van der Waals surface area contributed by atoms with Crippen LogP contribution in [0.1, 0.15) is 25.0 Å². The minimum atomic E-state index is -0.510. The molecule has 3 N–H and O–H groups in total. The van der Waals surface area contributed by atoms with Crippen molar-refractivity contribution in [2.24, 2.45) is 0 Å². The van der Waals surface area contributed by atoms with Crippen molar-refractivity contribution in [1.29, 1.82) is 0 Å². The lowest BCUT2D eigenvalue weighted by Gasteiger charge is -2.10. The monoisotopic (exact) mass is 185 g/mol. The number of rotatable bonds is 2. The van der Waals surface area contributed by atoms with E-state index in [4.69, 9.17) is 17.3 Å². The first-order chi connectivity index (χ1) is 5.65. The van der Waals surface area contributed by atoms with Crippen LogP contribution >= 0.6 is 11.6 Å². The molecule has 1 aromatic carbocycles. The number of aliphatic hydroxyl groups excluding tert-OH is 1. The second kappa shape index (κ2) is 3.78. The molecule has 0 aliphatic heterocycles. The fourth-order valence-electron chi connectivity index (χ4n) is 1.05. The second-order valence-corrected chi connectivity index (χ2v) is 3.13. The van der Waals surface area contributed by atoms with Crippen molar-refractivity contribution < 1.29 is 5.11 Å². The van der Waals surface area contributed by atoms with E-state index >= 15 is 0 Å². The molecule has 0 radical (unpaired) electrons. The molecule has 0 heterocycles. The predicted octanol–water partition coefficient (Wildman–Crippen LogP) is 2.37. The van der Waals surface area contributed by atoms with E-state index in [-0.39, 0.29) is 0 Å². The molecule has 0 bridgehead atoms. The van der Waals surface area contributed by atoms with E-state index in [0.29, 0.717) is 22.7 Å². The molecule has 1 atom stereocenters. The van der Waals surface area contributed by atoms with Crippen LogP contribution in [-0.2, 0) is 0 Å². The Labute approximate surface area is 77.0 Å². The molecule has 0 aliphatic rings. The Morgan fingerprint density at radius 2 is 2.25 bits per heavy atom. The maximum absolute atomic E-state index is 9.50. The molecule has 1 rings (SSSR count). The zero-order chi connectivity index (χ0) is 9.14. The summed E-state index contributed by atoms with van der Waals surface area (Å²) in [6, 6.07) is 5.12. The molecule has 0 aliphatic carbocycles. The summed E-state index contributed by atoms with van der Waals surface area (Å²) in [6.07, 6.45) is 0.133. The van der Waals surface area contributed by atoms with E-state index in [2.05, 4.69) is 0 Å². The van der Waals surface area contributed by atoms with Crippen LogP contribution in [-0.4, -0.2) is 5.11 Å². The lowest BCUT2D eigenvalue weighted by atomic mass is 10.1. The molecule has 66 valence electrons. The van der Waals surface area contributed by atoms with Crippen molar-refractivity contribution in [3.8, 4) is 0 Å². The third-order valence-corrected chi connectivity index (χ3v) is 2.03. The van der Waals surface area contributed by atoms with E-state index in [9.17, 15) is 5.11 Å². The van der Waals surface area contributed by atoms with Gasteiger partial charge in [0.1, 0.15) is 0 Å². The van der Waals surface area contributed by atoms with Gasteiger partial charge in [-0.1, -0.05) is 18.5 Å². The average molecular weight is 186 g/mol. The van der Waals surface area contributed by atoms with Gasteiger partial charge in [-0.25, -0.2) is 0 Å². The Balaban J connectivity index is 3.04. The van der Waals surface area contributed by atoms with Gasteiger partial charge in [0.2, 0.25) is 0 Å². The fourth-order valence-corrected chi connectivity index (χ4v) is 1.23. The first-order valence-corrected chi connectivity index (χ1v) is 4.26. The summed E-state index contributed by atoms with van der Waals surface area (Å²) in [5.74, 6) is 0. The summed E-state index contributed by atoms with van der Waals surface area (Å²) in [4.78, 5) is 0. The third kappa shape index (κ3) is 1.90. The topological polar surface area (TPSA) is 46.2 Å². The van der Waals surface area contributed by atoms with Crippen molar-refractivity contribution >= 4 is 17.3 Å². The number of nitrogen functional groups attached to an aromatic ring is 1. The third-order valence-electron chi connectivity index (χ3n) is 1.79. The van der Waals surface area contributed by atoms with Crippen molar-refractivity contribution in [1.82, 2.24) is 0 Å². The lowest BCUT2D eigenvalue weighted by molar-refractivity contribution is 0.174. The molecule has 0 aromatic heterocycles. The fraction of sp³-hybridized carbons (Fsp3) is 0.333. The van der Waals surface area contributed by atoms with Crippen molar-refractivity contribution in [3.05, 3.63) is 28.8 Å². The predicted molar refractivity (Wildman–Crippen MR) is 51.1 cm³/mol. The van der Waals surface area contributed by atoms with Crippen LogP contribution in [0, 0.1) is 0 Å². The van der Waals surface area contributed by atoms with E-state index in [1.54, 1.807) is 18.2 Å². The zero-order valence-corrected chi connectivity index (χ0v) is 7.67. The van der Waals surface area contributed by atoms with Crippen LogP contribution in [0.2, 0.25) is 5.02 Å². The molecule has 0 saturated heterocycles. The van der Waals surface area contributed by atoms with Crippen molar-refractivity contribution in [3.63, 3.8) is 0 Å². The summed E-state index contributed by atoms with van der Waals surface area (Å²) in [5.41, 5.74) is 6.95. The van der Waals surface area contributed by atoms with Gasteiger partial charge in [-0.3, -0.25) is 0 Å². The van der Waals surface area contributed by atoms with E-state index in [0.717, 1.165) is 0 Å². The van der Waals surface area contributed by atoms with Crippen LogP contribution in [0.15, 0.2) is 18.2 Å². The lowest BCUT2D eigenvalue weighted by Crippen LogP contribution is -2.00. The highest BCUT2D eigenvalue weighted by atomic mass is 35.5. The van der Waals surface area contributed by atoms with Crippen LogP contribution in [0.5, 0.6) is 0 Å². The van der Waals surface area contributed by atoms with Gasteiger partial charge in [-0.2, -0.15) is 0 Å². The van der Waals surface area contributed by atoms with Crippen LogP contribution in [0.3, 0.4) is 0 Å². The number of nitrogens with two attached hydrogens (primary N) is 1. The number of hydrogen-bond acceptors (Lipinski definition) is 2. The minimum absolute atomic E-state index is 0.510. The zero-order valence-electron chi connectivity index (χ0n) is 6.92. The van der Waals surface area contributed by atoms with Gasteiger partial charge in [0, 0.05) is 16.3 Å². The Bertz CT molecular complexity index is 275. The Hall–Kier alpha value is -0.730. The number of aliphatic hydroxyl groups is 1. The van der Waals surface area contributed by atoms with Crippen LogP contribution < -0.4 is 5.73 Å². The standard InChI is InChI=1S/C9H12ClNO/c1-2-9(12)7-5-6(10)3-4-8(7)11/h3-5,9,12H,2,11H2,1H3. The second-order valence-electron chi connectivity index (χ2n) is 2.70. The molecule has 0 saturated carbocycles. The molecule has 12 heavy (non-hydrogen) atoms. The van der Waals surface area contributed by atoms with Crippen molar-refractivity contribution in [2.75, 3.05) is 5.73 Å². The molecule has 0 spiro atoms. The van der Waals surface area contributed by atoms with Crippen LogP contribution in [0.25, 0.3) is 0 Å². The van der Waals surface area contributed by atoms with Crippen molar-refractivity contribution in [2.45, 2.75) is 19.4 Å². The first kappa shape index (κ1) is 9.36. The van der Waals surface area contributed by atoms with Gasteiger partial charge in [0.05, 0.1) is 6.10 Å². The molecule has 0 fully saturated rings. The molecule has 1 unspecified atom stereocenters. The Morgan fingerprint density at radius 1 is 1.58 bits per heavy atom. The summed E-state index contributed by atoms with van der Waals surface area (Å²) in [6.45, 7) is 1.89. The number of benzene rings is 1. The highest BCUT2D eigenvalue weighted by molar-refractivity contribution is 6.30. The largest absolute Gasteiger partial charge is 0.398 e. The van der Waals surface area contributed by atoms with Gasteiger partial charge in [0.25, 0.3) is 0 Å². The summed E-state index contributed by atoms with van der Waals surface area (Å²) in [5, 5.41) is 10.1. The molecule has 2 nitrogen and oxygen atoms in total. The van der Waals surface area contributed by atoms with Gasteiger partial charge < -0.3 is 10.8 Å². The van der Waals surface area contributed by atoms with Gasteiger partial charge in [0.15, 0.2) is 0 Å². The molecule has 1 aromatic rings. The van der Waals surface area contributed by atoms with E-state index < -0.39 is 6.10 Å². The SMILES string of the molecule is CCC(O)c1cc(Cl)ccc1N. The van der Waals surface area contributed by atoms with Gasteiger partial charge in [-0.15, -0.1) is 0 Å². The normalized spacial score (nSPS) is 12.9. The average Bonchev–Trinajstić information content (AvgIpc) is 2.08. The number of hydrogen-bond donors (Lipinski definition) is 2. The minimum Gasteiger partial charge on any atom is -0.398 e. The highest BCUT2D eigenvalue weighted by Crippen LogP contribution is 2.25. The summed E-state index contributed by atoms with van der Waals surface area (Å²) in [7, 11) is 0. The number of anilines is 1. The van der Waals surface area contributed by atoms with Gasteiger partial charge in [-0.05, 0) is 24.6 Å². The maximum atomic E-state index is 9.50. The highest BCUT2D eigenvalue weighted by Gasteiger charge is 2.08. The van der Waals surface area contributed by atoms with E-state index in [1.807, 2.05) is 6.92 Å². The van der Waals surface area contributed by atoms with Crippen LogP contribution in [0.4, 0.5) is 5.69 Å². The Kier molecular flexibility index (Phi) is 2.95. The quantitative estimate of drug-likeness (QED) is 0.695. The summed E-state index contributed by atoms with van der Waals surface area (Å²) >= 11 is 5.75. The maximum Gasteiger partial charge on any atom is 0.0807 e. The van der Waals surface area contributed by atoms with E-state index in [1.165, 1.54) is 0 Å². The Morgan fingerprint density at radius 3 is 2.83 bits per heavy atom. The molecular weight excluding hydrogens is 174 g/mol. The van der Waals surface area contributed by atoms with Gasteiger partial charge >= 0.3 is 0 Å². The first-order valence-electron chi connectivity index (χ1n) is 3.88. The summed E-state index contributed by atoms with van der Waals surface area (Å²) < 4.78 is 0. The molecule has 0 amide bonds. The smallest absolute Gasteiger partial charge is 0.0807 e. The number of halogens is 1. The molecule has 3 heteroatoms. The molecular formula is C9H12ClNO.